The number of nitrogens with zero attached hydrogens (tertiary/aromatic N) is 3. The number of imide groups is 1. The molecule has 3 aromatic rings. The van der Waals surface area contributed by atoms with Gasteiger partial charge in [0, 0.05) is 19.0 Å². The Morgan fingerprint density at radius 2 is 1.79 bits per heavy atom. The zero-order valence-corrected chi connectivity index (χ0v) is 21.1. The maximum Gasteiger partial charge on any atom is 0.316 e. The number of esters is 1. The van der Waals surface area contributed by atoms with Crippen molar-refractivity contribution in [2.75, 3.05) is 23.0 Å². The molecule has 0 aliphatic carbocycles. The van der Waals surface area contributed by atoms with Crippen LogP contribution in [-0.2, 0) is 9.59 Å². The standard InChI is InChI=1S/C28H23N3O8/c1-3-38-23-10-5-4-8-21(23)29-15-17(14-24(29)32)28(35)39-18-11-12-20(16(2)13-18)30-26(33)19-7-6-9-22(31(36)37)25(19)27(30)34/h4-13,17H,3,14-15H2,1-2H3/t17-/m0/s1. The normalized spacial score (nSPS) is 16.5. The number of carbonyl (C=O) groups excluding carboxylic acids is 4. The Kier molecular flexibility index (Phi) is 6.57. The van der Waals surface area contributed by atoms with Crippen LogP contribution in [0.3, 0.4) is 0 Å². The SMILES string of the molecule is CCOc1ccccc1N1C[C@@H](C(=O)Oc2ccc(N3C(=O)c4cccc([N+](=O)[O-])c4C3=O)c(C)c2)CC1=O. The molecule has 0 unspecified atom stereocenters. The van der Waals surface area contributed by atoms with Gasteiger partial charge in [0.1, 0.15) is 17.1 Å². The summed E-state index contributed by atoms with van der Waals surface area (Å²) in [5, 5.41) is 11.4. The first-order valence-corrected chi connectivity index (χ1v) is 12.2. The lowest BCUT2D eigenvalue weighted by atomic mass is 10.1. The van der Waals surface area contributed by atoms with Crippen LogP contribution >= 0.6 is 0 Å². The van der Waals surface area contributed by atoms with E-state index in [0.717, 1.165) is 4.90 Å². The maximum atomic E-state index is 13.0. The quantitative estimate of drug-likeness (QED) is 0.147. The number of anilines is 2. The van der Waals surface area contributed by atoms with E-state index in [-0.39, 0.29) is 41.4 Å². The summed E-state index contributed by atoms with van der Waals surface area (Å²) in [4.78, 5) is 64.7. The summed E-state index contributed by atoms with van der Waals surface area (Å²) in [5.74, 6) is -2.28. The van der Waals surface area contributed by atoms with Crippen molar-refractivity contribution in [3.05, 3.63) is 87.5 Å². The smallest absolute Gasteiger partial charge is 0.316 e. The van der Waals surface area contributed by atoms with Gasteiger partial charge in [-0.25, -0.2) is 4.90 Å². The molecule has 0 aromatic heterocycles. The van der Waals surface area contributed by atoms with Gasteiger partial charge in [0.05, 0.1) is 34.4 Å². The summed E-state index contributed by atoms with van der Waals surface area (Å²) >= 11 is 0. The van der Waals surface area contributed by atoms with Crippen molar-refractivity contribution >= 4 is 40.8 Å². The summed E-state index contributed by atoms with van der Waals surface area (Å²) in [5.41, 5.74) is 0.480. The van der Waals surface area contributed by atoms with Gasteiger partial charge in [0.25, 0.3) is 17.5 Å². The number of para-hydroxylation sites is 2. The predicted octanol–water partition coefficient (Wildman–Crippen LogP) is 4.06. The van der Waals surface area contributed by atoms with E-state index < -0.39 is 34.3 Å². The third-order valence-electron chi connectivity index (χ3n) is 6.63. The van der Waals surface area contributed by atoms with Crippen LogP contribution in [0.2, 0.25) is 0 Å². The van der Waals surface area contributed by atoms with Gasteiger partial charge in [-0.1, -0.05) is 18.2 Å². The Hall–Kier alpha value is -5.06. The van der Waals surface area contributed by atoms with Crippen LogP contribution in [0.15, 0.2) is 60.7 Å². The minimum Gasteiger partial charge on any atom is -0.492 e. The van der Waals surface area contributed by atoms with Gasteiger partial charge < -0.3 is 14.4 Å². The first-order valence-electron chi connectivity index (χ1n) is 12.2. The predicted molar refractivity (Wildman–Crippen MR) is 139 cm³/mol. The molecular formula is C28H23N3O8. The molecule has 0 radical (unpaired) electrons. The van der Waals surface area contributed by atoms with Crippen LogP contribution in [0.5, 0.6) is 11.5 Å². The minimum absolute atomic E-state index is 0.0236. The van der Waals surface area contributed by atoms with E-state index in [4.69, 9.17) is 9.47 Å². The van der Waals surface area contributed by atoms with E-state index in [2.05, 4.69) is 0 Å². The van der Waals surface area contributed by atoms with Gasteiger partial charge >= 0.3 is 5.97 Å². The molecule has 2 aliphatic rings. The third-order valence-corrected chi connectivity index (χ3v) is 6.63. The van der Waals surface area contributed by atoms with Crippen molar-refractivity contribution in [2.24, 2.45) is 5.92 Å². The number of hydrogen-bond donors (Lipinski definition) is 0. The average Bonchev–Trinajstić information content (AvgIpc) is 3.42. The summed E-state index contributed by atoms with van der Waals surface area (Å²) in [6.07, 6.45) is -0.0236. The second kappa shape index (κ2) is 10.0. The van der Waals surface area contributed by atoms with Gasteiger partial charge in [0.2, 0.25) is 5.91 Å². The van der Waals surface area contributed by atoms with Crippen molar-refractivity contribution in [2.45, 2.75) is 20.3 Å². The highest BCUT2D eigenvalue weighted by Crippen LogP contribution is 2.37. The minimum atomic E-state index is -0.799. The van der Waals surface area contributed by atoms with E-state index in [1.54, 1.807) is 31.2 Å². The number of rotatable bonds is 7. The van der Waals surface area contributed by atoms with Crippen LogP contribution in [-0.4, -0.2) is 41.8 Å². The molecule has 3 aromatic carbocycles. The van der Waals surface area contributed by atoms with Crippen LogP contribution in [0.1, 0.15) is 39.6 Å². The molecule has 0 spiro atoms. The Morgan fingerprint density at radius 3 is 2.51 bits per heavy atom. The number of aryl methyl sites for hydroxylation is 1. The van der Waals surface area contributed by atoms with Gasteiger partial charge in [-0.15, -0.1) is 0 Å². The molecule has 3 amide bonds. The largest absolute Gasteiger partial charge is 0.492 e. The van der Waals surface area contributed by atoms with E-state index in [9.17, 15) is 29.3 Å². The van der Waals surface area contributed by atoms with Crippen molar-refractivity contribution < 1.29 is 33.6 Å². The molecule has 0 saturated carbocycles. The fourth-order valence-electron chi connectivity index (χ4n) is 4.84. The lowest BCUT2D eigenvalue weighted by Gasteiger charge is -2.20. The van der Waals surface area contributed by atoms with Gasteiger partial charge in [-0.2, -0.15) is 0 Å². The molecule has 0 bridgehead atoms. The molecule has 5 rings (SSSR count). The molecule has 39 heavy (non-hydrogen) atoms. The lowest BCUT2D eigenvalue weighted by molar-refractivity contribution is -0.385. The molecule has 2 heterocycles. The third kappa shape index (κ3) is 4.48. The molecule has 1 saturated heterocycles. The zero-order valence-electron chi connectivity index (χ0n) is 21.1. The first kappa shape index (κ1) is 25.6. The number of fused-ring (bicyclic) bond motifs is 1. The van der Waals surface area contributed by atoms with Crippen LogP contribution in [0, 0.1) is 23.0 Å². The number of benzene rings is 3. The maximum absolute atomic E-state index is 13.0. The molecule has 11 heteroatoms. The van der Waals surface area contributed by atoms with Crippen molar-refractivity contribution in [3.63, 3.8) is 0 Å². The number of ether oxygens (including phenoxy) is 2. The zero-order chi connectivity index (χ0) is 27.8. The van der Waals surface area contributed by atoms with Crippen LogP contribution in [0.25, 0.3) is 0 Å². The highest BCUT2D eigenvalue weighted by atomic mass is 16.6. The molecule has 11 nitrogen and oxygen atoms in total. The molecule has 1 atom stereocenters. The van der Waals surface area contributed by atoms with E-state index in [1.807, 2.05) is 6.92 Å². The monoisotopic (exact) mass is 529 g/mol. The van der Waals surface area contributed by atoms with E-state index in [1.165, 1.54) is 41.3 Å². The van der Waals surface area contributed by atoms with Crippen LogP contribution in [0.4, 0.5) is 17.1 Å². The Morgan fingerprint density at radius 1 is 1.03 bits per heavy atom. The Labute approximate surface area is 222 Å². The van der Waals surface area contributed by atoms with Crippen molar-refractivity contribution in [1.82, 2.24) is 0 Å². The fraction of sp³-hybridized carbons (Fsp3) is 0.214. The lowest BCUT2D eigenvalue weighted by Crippen LogP contribution is -2.30. The highest BCUT2D eigenvalue weighted by molar-refractivity contribution is 6.35. The Bertz CT molecular complexity index is 1550. The van der Waals surface area contributed by atoms with Gasteiger partial charge in [-0.3, -0.25) is 29.3 Å². The highest BCUT2D eigenvalue weighted by Gasteiger charge is 2.42. The van der Waals surface area contributed by atoms with Crippen LogP contribution < -0.4 is 19.3 Å². The molecular weight excluding hydrogens is 506 g/mol. The van der Waals surface area contributed by atoms with Crippen molar-refractivity contribution in [3.8, 4) is 11.5 Å². The number of carbonyl (C=O) groups is 4. The van der Waals surface area contributed by atoms with Crippen molar-refractivity contribution in [1.29, 1.82) is 0 Å². The molecule has 2 aliphatic heterocycles. The molecule has 1 fully saturated rings. The number of hydrogen-bond acceptors (Lipinski definition) is 8. The number of amides is 3. The molecule has 0 N–H and O–H groups in total. The second-order valence-corrected chi connectivity index (χ2v) is 9.08. The number of nitro groups is 1. The van der Waals surface area contributed by atoms with Gasteiger partial charge in [-0.05, 0) is 55.8 Å². The second-order valence-electron chi connectivity index (χ2n) is 9.08. The summed E-state index contributed by atoms with van der Waals surface area (Å²) in [7, 11) is 0. The fourth-order valence-corrected chi connectivity index (χ4v) is 4.84. The topological polar surface area (TPSA) is 136 Å². The average molecular weight is 530 g/mol. The summed E-state index contributed by atoms with van der Waals surface area (Å²) < 4.78 is 11.2. The van der Waals surface area contributed by atoms with Gasteiger partial charge in [0.15, 0.2) is 0 Å². The Balaban J connectivity index is 1.32. The number of nitro benzene ring substituents is 1. The van der Waals surface area contributed by atoms with E-state index >= 15 is 0 Å². The first-order chi connectivity index (χ1) is 18.7. The van der Waals surface area contributed by atoms with E-state index in [0.29, 0.717) is 23.6 Å². The summed E-state index contributed by atoms with van der Waals surface area (Å²) in [6.45, 7) is 4.02. The molecule has 198 valence electrons. The summed E-state index contributed by atoms with van der Waals surface area (Å²) in [6, 6.07) is 15.4.